The van der Waals surface area contributed by atoms with Gasteiger partial charge in [-0.15, -0.1) is 0 Å². The van der Waals surface area contributed by atoms with Crippen molar-refractivity contribution >= 4 is 21.6 Å². The Bertz CT molecular complexity index is 459. The molecular formula is C8H11ClN2O3S. The molecule has 0 unspecified atom stereocenters. The van der Waals surface area contributed by atoms with Gasteiger partial charge in [0.15, 0.2) is 5.75 Å². The van der Waals surface area contributed by atoms with E-state index < -0.39 is 10.0 Å². The standard InChI is InChI=1S/C8H11ClN2O3S/c1-11(2)15(12,13)7-5-10-4-6(9)8(7)14-3/h4-5H,1-3H3. The number of pyridine rings is 1. The van der Waals surface area contributed by atoms with E-state index in [0.717, 1.165) is 4.31 Å². The Morgan fingerprint density at radius 2 is 2.00 bits per heavy atom. The van der Waals surface area contributed by atoms with Gasteiger partial charge in [-0.2, -0.15) is 0 Å². The topological polar surface area (TPSA) is 59.5 Å². The molecule has 0 fully saturated rings. The highest BCUT2D eigenvalue weighted by Crippen LogP contribution is 2.31. The smallest absolute Gasteiger partial charge is 0.247 e. The molecule has 1 aromatic rings. The van der Waals surface area contributed by atoms with Gasteiger partial charge < -0.3 is 4.74 Å². The lowest BCUT2D eigenvalue weighted by Crippen LogP contribution is -2.23. The van der Waals surface area contributed by atoms with Crippen LogP contribution in [0.5, 0.6) is 5.75 Å². The lowest BCUT2D eigenvalue weighted by molar-refractivity contribution is 0.399. The maximum absolute atomic E-state index is 11.8. The molecule has 0 saturated carbocycles. The van der Waals surface area contributed by atoms with Gasteiger partial charge in [0, 0.05) is 20.3 Å². The third kappa shape index (κ3) is 2.22. The fourth-order valence-corrected chi connectivity index (χ4v) is 2.29. The molecule has 0 aliphatic carbocycles. The summed E-state index contributed by atoms with van der Waals surface area (Å²) in [7, 11) is 0.629. The Morgan fingerprint density at radius 1 is 1.40 bits per heavy atom. The van der Waals surface area contributed by atoms with Crippen LogP contribution in [0.4, 0.5) is 0 Å². The predicted octanol–water partition coefficient (Wildman–Crippen LogP) is 0.994. The Labute approximate surface area is 93.7 Å². The lowest BCUT2D eigenvalue weighted by Gasteiger charge is -2.14. The van der Waals surface area contributed by atoms with E-state index in [4.69, 9.17) is 16.3 Å². The molecule has 0 bridgehead atoms. The highest BCUT2D eigenvalue weighted by atomic mass is 35.5. The first-order valence-corrected chi connectivity index (χ1v) is 5.83. The third-order valence-electron chi connectivity index (χ3n) is 1.78. The zero-order valence-electron chi connectivity index (χ0n) is 8.56. The van der Waals surface area contributed by atoms with Gasteiger partial charge in [-0.05, 0) is 0 Å². The minimum absolute atomic E-state index is 0.0394. The average molecular weight is 251 g/mol. The second kappa shape index (κ2) is 4.34. The van der Waals surface area contributed by atoms with Gasteiger partial charge in [-0.3, -0.25) is 4.98 Å². The first kappa shape index (κ1) is 12.2. The third-order valence-corrected chi connectivity index (χ3v) is 3.86. The van der Waals surface area contributed by atoms with Crippen LogP contribution in [0.15, 0.2) is 17.3 Å². The molecule has 0 aromatic carbocycles. The maximum Gasteiger partial charge on any atom is 0.247 e. The summed E-state index contributed by atoms with van der Waals surface area (Å²) in [5.74, 6) is 0.111. The number of aromatic nitrogens is 1. The SMILES string of the molecule is COc1c(Cl)cncc1S(=O)(=O)N(C)C. The van der Waals surface area contributed by atoms with Crippen LogP contribution in [-0.2, 0) is 10.0 Å². The van der Waals surface area contributed by atoms with E-state index in [9.17, 15) is 8.42 Å². The van der Waals surface area contributed by atoms with Crippen molar-refractivity contribution in [2.45, 2.75) is 4.90 Å². The van der Waals surface area contributed by atoms with Crippen molar-refractivity contribution in [3.8, 4) is 5.75 Å². The van der Waals surface area contributed by atoms with E-state index in [1.807, 2.05) is 0 Å². The summed E-state index contributed by atoms with van der Waals surface area (Å²) in [4.78, 5) is 3.68. The molecule has 15 heavy (non-hydrogen) atoms. The van der Waals surface area contributed by atoms with Gasteiger partial charge >= 0.3 is 0 Å². The first-order chi connectivity index (χ1) is 6.91. The van der Waals surface area contributed by atoms with E-state index in [1.165, 1.54) is 33.6 Å². The van der Waals surface area contributed by atoms with E-state index >= 15 is 0 Å². The van der Waals surface area contributed by atoms with Gasteiger partial charge in [0.1, 0.15) is 9.92 Å². The van der Waals surface area contributed by atoms with Crippen molar-refractivity contribution in [2.75, 3.05) is 21.2 Å². The molecule has 0 spiro atoms. The Balaban J connectivity index is 3.45. The van der Waals surface area contributed by atoms with E-state index in [2.05, 4.69) is 4.98 Å². The second-order valence-corrected chi connectivity index (χ2v) is 5.47. The molecule has 0 N–H and O–H groups in total. The summed E-state index contributed by atoms with van der Waals surface area (Å²) < 4.78 is 29.6. The normalized spacial score (nSPS) is 11.8. The van der Waals surface area contributed by atoms with Crippen LogP contribution < -0.4 is 4.74 Å². The minimum atomic E-state index is -3.58. The Morgan fingerprint density at radius 3 is 2.47 bits per heavy atom. The van der Waals surface area contributed by atoms with Crippen molar-refractivity contribution in [2.24, 2.45) is 0 Å². The molecule has 0 aliphatic rings. The molecule has 1 rings (SSSR count). The molecule has 7 heteroatoms. The van der Waals surface area contributed by atoms with Crippen molar-refractivity contribution in [3.63, 3.8) is 0 Å². The monoisotopic (exact) mass is 250 g/mol. The average Bonchev–Trinajstić information content (AvgIpc) is 2.17. The van der Waals surface area contributed by atoms with Crippen LogP contribution in [0, 0.1) is 0 Å². The van der Waals surface area contributed by atoms with Crippen LogP contribution in [-0.4, -0.2) is 38.9 Å². The first-order valence-electron chi connectivity index (χ1n) is 4.01. The number of hydrogen-bond donors (Lipinski definition) is 0. The maximum atomic E-state index is 11.8. The summed E-state index contributed by atoms with van der Waals surface area (Å²) in [6.07, 6.45) is 2.54. The Hall–Kier alpha value is -0.850. The summed E-state index contributed by atoms with van der Waals surface area (Å²) in [5, 5.41) is 0.167. The highest BCUT2D eigenvalue weighted by Gasteiger charge is 2.24. The lowest BCUT2D eigenvalue weighted by atomic mass is 10.4. The van der Waals surface area contributed by atoms with Gasteiger partial charge in [0.25, 0.3) is 0 Å². The summed E-state index contributed by atoms with van der Waals surface area (Å²) in [6.45, 7) is 0. The summed E-state index contributed by atoms with van der Waals surface area (Å²) in [6, 6.07) is 0. The molecular weight excluding hydrogens is 240 g/mol. The van der Waals surface area contributed by atoms with Crippen molar-refractivity contribution in [3.05, 3.63) is 17.4 Å². The summed E-state index contributed by atoms with van der Waals surface area (Å²) in [5.41, 5.74) is 0. The molecule has 1 aromatic heterocycles. The largest absolute Gasteiger partial charge is 0.494 e. The van der Waals surface area contributed by atoms with Crippen LogP contribution >= 0.6 is 11.6 Å². The number of rotatable bonds is 3. The quantitative estimate of drug-likeness (QED) is 0.803. The van der Waals surface area contributed by atoms with Gasteiger partial charge in [-0.25, -0.2) is 12.7 Å². The van der Waals surface area contributed by atoms with Gasteiger partial charge in [-0.1, -0.05) is 11.6 Å². The number of sulfonamides is 1. The molecule has 5 nitrogen and oxygen atoms in total. The number of ether oxygens (including phenoxy) is 1. The summed E-state index contributed by atoms with van der Waals surface area (Å²) >= 11 is 5.77. The molecule has 0 saturated heterocycles. The zero-order chi connectivity index (χ0) is 11.6. The van der Waals surface area contributed by atoms with E-state index in [0.29, 0.717) is 0 Å². The van der Waals surface area contributed by atoms with Crippen LogP contribution in [0.25, 0.3) is 0 Å². The second-order valence-electron chi connectivity index (χ2n) is 2.94. The van der Waals surface area contributed by atoms with E-state index in [1.54, 1.807) is 0 Å². The fourth-order valence-electron chi connectivity index (χ4n) is 0.984. The van der Waals surface area contributed by atoms with Crippen LogP contribution in [0.2, 0.25) is 5.02 Å². The Kier molecular flexibility index (Phi) is 3.54. The fraction of sp³-hybridized carbons (Fsp3) is 0.375. The predicted molar refractivity (Wildman–Crippen MR) is 56.7 cm³/mol. The number of nitrogens with zero attached hydrogens (tertiary/aromatic N) is 2. The zero-order valence-corrected chi connectivity index (χ0v) is 10.1. The molecule has 0 aliphatic heterocycles. The number of hydrogen-bond acceptors (Lipinski definition) is 4. The van der Waals surface area contributed by atoms with Gasteiger partial charge in [0.2, 0.25) is 10.0 Å². The highest BCUT2D eigenvalue weighted by molar-refractivity contribution is 7.89. The molecule has 84 valence electrons. The minimum Gasteiger partial charge on any atom is -0.494 e. The number of halogens is 1. The van der Waals surface area contributed by atoms with Crippen LogP contribution in [0.1, 0.15) is 0 Å². The van der Waals surface area contributed by atoms with Crippen molar-refractivity contribution in [1.82, 2.24) is 9.29 Å². The molecule has 1 heterocycles. The molecule has 0 radical (unpaired) electrons. The van der Waals surface area contributed by atoms with Crippen LogP contribution in [0.3, 0.4) is 0 Å². The van der Waals surface area contributed by atoms with Gasteiger partial charge in [0.05, 0.1) is 13.3 Å². The number of methoxy groups -OCH3 is 1. The van der Waals surface area contributed by atoms with Crippen molar-refractivity contribution in [1.29, 1.82) is 0 Å². The van der Waals surface area contributed by atoms with E-state index in [-0.39, 0.29) is 15.7 Å². The molecule has 0 amide bonds. The van der Waals surface area contributed by atoms with Crippen molar-refractivity contribution < 1.29 is 13.2 Å². The molecule has 0 atom stereocenters.